The van der Waals surface area contributed by atoms with Crippen molar-refractivity contribution in [2.75, 3.05) is 40.5 Å². The van der Waals surface area contributed by atoms with Crippen LogP contribution in [0, 0.1) is 17.6 Å². The van der Waals surface area contributed by atoms with Crippen LogP contribution in [-0.2, 0) is 9.53 Å². The molecule has 242 valence electrons. The lowest BCUT2D eigenvalue weighted by atomic mass is 9.86. The molecule has 0 saturated heterocycles. The Morgan fingerprint density at radius 1 is 1.24 bits per heavy atom. The minimum absolute atomic E-state index is 0.00405. The molecule has 9 nitrogen and oxygen atoms in total. The number of pyridine rings is 1. The van der Waals surface area contributed by atoms with Crippen LogP contribution in [-0.4, -0.2) is 77.7 Å². The number of hydrogen-bond donors (Lipinski definition) is 3. The Morgan fingerprint density at radius 3 is 2.78 bits per heavy atom. The quantitative estimate of drug-likeness (QED) is 0.155. The largest absolute Gasteiger partial charge is 0.490 e. The van der Waals surface area contributed by atoms with Gasteiger partial charge in [-0.3, -0.25) is 9.89 Å². The Labute approximate surface area is 270 Å². The molecule has 1 aliphatic carbocycles. The van der Waals surface area contributed by atoms with Gasteiger partial charge in [0.2, 0.25) is 5.91 Å². The number of aliphatic hydroxyl groups excluding tert-OH is 1. The van der Waals surface area contributed by atoms with E-state index in [9.17, 15) is 14.3 Å². The average Bonchev–Trinajstić information content (AvgIpc) is 3.71. The van der Waals surface area contributed by atoms with Gasteiger partial charge in [0.25, 0.3) is 0 Å². The number of rotatable bonds is 13. The van der Waals surface area contributed by atoms with E-state index >= 15 is 4.39 Å². The molecule has 12 heteroatoms. The number of aliphatic hydroxyl groups is 1. The summed E-state index contributed by atoms with van der Waals surface area (Å²) in [7, 11) is 3.99. The molecule has 1 amide bonds. The molecule has 0 fully saturated rings. The number of hydrogen-bond acceptors (Lipinski definition) is 8. The number of thiophene rings is 1. The lowest BCUT2D eigenvalue weighted by Crippen LogP contribution is -2.27. The summed E-state index contributed by atoms with van der Waals surface area (Å²) in [6.45, 7) is 8.21. The first-order valence-corrected chi connectivity index (χ1v) is 15.8. The van der Waals surface area contributed by atoms with Crippen LogP contribution in [0.3, 0.4) is 0 Å². The monoisotopic (exact) mass is 649 g/mol. The van der Waals surface area contributed by atoms with Gasteiger partial charge in [0.15, 0.2) is 0 Å². The van der Waals surface area contributed by atoms with Gasteiger partial charge in [-0.25, -0.2) is 13.8 Å². The van der Waals surface area contributed by atoms with E-state index < -0.39 is 17.7 Å². The van der Waals surface area contributed by atoms with Crippen molar-refractivity contribution >= 4 is 32.9 Å². The first-order chi connectivity index (χ1) is 22.1. The highest BCUT2D eigenvalue weighted by atomic mass is 32.1. The number of nitrogens with zero attached hydrogens (tertiary/aromatic N) is 3. The van der Waals surface area contributed by atoms with Crippen LogP contribution in [0.15, 0.2) is 60.5 Å². The highest BCUT2D eigenvalue weighted by molar-refractivity contribution is 7.17. The van der Waals surface area contributed by atoms with E-state index in [0.717, 1.165) is 29.6 Å². The molecule has 3 atom stereocenters. The van der Waals surface area contributed by atoms with Crippen LogP contribution in [0.25, 0.3) is 38.2 Å². The normalized spacial score (nSPS) is 16.9. The third-order valence-corrected chi connectivity index (χ3v) is 8.69. The molecular weight excluding hydrogens is 612 g/mol. The summed E-state index contributed by atoms with van der Waals surface area (Å²) in [6.07, 6.45) is 7.00. The lowest BCUT2D eigenvalue weighted by Gasteiger charge is -2.28. The Balaban J connectivity index is 1.71. The summed E-state index contributed by atoms with van der Waals surface area (Å²) in [5, 5.41) is 22.4. The van der Waals surface area contributed by atoms with Crippen molar-refractivity contribution in [3.05, 3.63) is 83.6 Å². The predicted octanol–water partition coefficient (Wildman–Crippen LogP) is 5.90. The number of halogens is 2. The summed E-state index contributed by atoms with van der Waals surface area (Å²) in [5.41, 5.74) is 3.31. The summed E-state index contributed by atoms with van der Waals surface area (Å²) >= 11 is 1.39. The van der Waals surface area contributed by atoms with Gasteiger partial charge < -0.3 is 24.8 Å². The predicted molar refractivity (Wildman–Crippen MR) is 176 cm³/mol. The van der Waals surface area contributed by atoms with Crippen LogP contribution in [0.2, 0.25) is 0 Å². The van der Waals surface area contributed by atoms with E-state index in [1.807, 2.05) is 43.8 Å². The second kappa shape index (κ2) is 14.5. The molecular formula is C34H37F2N5O4S. The number of benzene rings is 1. The fraction of sp³-hybridized carbons (Fsp3) is 0.324. The van der Waals surface area contributed by atoms with Crippen molar-refractivity contribution in [1.82, 2.24) is 25.4 Å². The number of H-pyrrole nitrogens is 1. The highest BCUT2D eigenvalue weighted by Crippen LogP contribution is 2.47. The molecule has 0 spiro atoms. The molecule has 46 heavy (non-hydrogen) atoms. The van der Waals surface area contributed by atoms with E-state index in [-0.39, 0.29) is 42.5 Å². The third kappa shape index (κ3) is 6.95. The van der Waals surface area contributed by atoms with E-state index in [1.54, 1.807) is 13.0 Å². The van der Waals surface area contributed by atoms with Gasteiger partial charge >= 0.3 is 0 Å². The van der Waals surface area contributed by atoms with Gasteiger partial charge in [-0.1, -0.05) is 31.7 Å². The molecule has 3 N–H and O–H groups in total. The molecule has 0 radical (unpaired) electrons. The zero-order valence-electron chi connectivity index (χ0n) is 26.1. The van der Waals surface area contributed by atoms with Gasteiger partial charge in [0, 0.05) is 40.2 Å². The van der Waals surface area contributed by atoms with E-state index in [1.165, 1.54) is 17.4 Å². The van der Waals surface area contributed by atoms with Gasteiger partial charge in [-0.15, -0.1) is 11.3 Å². The number of carbonyl (C=O) groups excluding carboxylic acids is 1. The van der Waals surface area contributed by atoms with Gasteiger partial charge in [0.05, 0.1) is 42.3 Å². The molecule has 1 aliphatic rings. The van der Waals surface area contributed by atoms with Crippen molar-refractivity contribution in [1.29, 1.82) is 0 Å². The number of nitrogens with one attached hydrogen (secondary N) is 2. The second-order valence-electron chi connectivity index (χ2n) is 11.3. The first-order valence-electron chi connectivity index (χ1n) is 14.9. The Kier molecular flexibility index (Phi) is 10.4. The van der Waals surface area contributed by atoms with Crippen LogP contribution >= 0.6 is 11.3 Å². The topological polar surface area (TPSA) is 113 Å². The molecule has 1 aromatic carbocycles. The van der Waals surface area contributed by atoms with Gasteiger partial charge in [0.1, 0.15) is 35.4 Å². The maximum atomic E-state index is 15.9. The van der Waals surface area contributed by atoms with Crippen molar-refractivity contribution in [3.8, 4) is 28.3 Å². The van der Waals surface area contributed by atoms with Crippen molar-refractivity contribution in [2.24, 2.45) is 5.92 Å². The number of fused-ring (bicyclic) bond motifs is 1. The number of likely N-dealkylation sites (N-methyl/N-ethyl adjacent to an activating group) is 1. The van der Waals surface area contributed by atoms with Gasteiger partial charge in [-0.05, 0) is 50.2 Å². The Bertz CT molecular complexity index is 1800. The van der Waals surface area contributed by atoms with Crippen molar-refractivity contribution < 1.29 is 28.2 Å². The smallest absolute Gasteiger partial charge is 0.243 e. The van der Waals surface area contributed by atoms with E-state index in [4.69, 9.17) is 14.5 Å². The number of carbonyl (C=O) groups is 1. The maximum Gasteiger partial charge on any atom is 0.243 e. The Morgan fingerprint density at radius 2 is 2.04 bits per heavy atom. The number of ether oxygens (including phenoxy) is 2. The van der Waals surface area contributed by atoms with Crippen molar-refractivity contribution in [3.63, 3.8) is 0 Å². The number of aromatic nitrogens is 3. The first kappa shape index (κ1) is 33.1. The fourth-order valence-electron chi connectivity index (χ4n) is 5.38. The zero-order valence-corrected chi connectivity index (χ0v) is 27.0. The minimum Gasteiger partial charge on any atom is -0.490 e. The molecule has 0 aliphatic heterocycles. The lowest BCUT2D eigenvalue weighted by molar-refractivity contribution is -0.117. The molecule has 0 saturated carbocycles. The summed E-state index contributed by atoms with van der Waals surface area (Å²) in [5.74, 6) is -2.14. The molecule has 2 unspecified atom stereocenters. The fourth-order valence-corrected chi connectivity index (χ4v) is 6.33. The minimum atomic E-state index is -0.844. The maximum absolute atomic E-state index is 15.9. The Hall–Kier alpha value is -4.23. The van der Waals surface area contributed by atoms with Crippen LogP contribution in [0.1, 0.15) is 31.3 Å². The number of allylic oxidation sites excluding steroid dienone is 2. The zero-order chi connectivity index (χ0) is 33.0. The molecule has 3 heterocycles. The van der Waals surface area contributed by atoms with Crippen LogP contribution in [0.5, 0.6) is 5.75 Å². The average molecular weight is 650 g/mol. The molecule has 5 rings (SSSR count). The molecule has 3 aromatic heterocycles. The third-order valence-electron chi connectivity index (χ3n) is 7.76. The standard InChI is InChI=1S/C34H37F2N5O4S/c1-6-29(43)37-20(3)25-18-26(40-39-25)33-31(30-24(36)16-21(35)17-28(30)45-14-12-42)34-23(10-15-46-34)32(38-33)22-8-7-9-27(19(22)2)44-13-11-41(4)5/h6-10,15-20,27,42H,1,11-14H2,2-5H3,(H,37,43)(H,39,40)/t19?,20-,27?/m1/s1. The number of aromatic amines is 1. The van der Waals surface area contributed by atoms with Crippen LogP contribution in [0.4, 0.5) is 8.78 Å². The van der Waals surface area contributed by atoms with Crippen molar-refractivity contribution in [2.45, 2.75) is 26.0 Å². The summed E-state index contributed by atoms with van der Waals surface area (Å²) in [4.78, 5) is 19.2. The summed E-state index contributed by atoms with van der Waals surface area (Å²) < 4.78 is 43.0. The number of amides is 1. The molecule has 0 bridgehead atoms. The SMILES string of the molecule is C=CC(=O)N[C@H](C)c1cc(-c2nc(C3=CC=CC(OCCN(C)C)C3C)c3ccsc3c2-c2c(F)cc(F)cc2OCCO)n[nH]1. The van der Waals surface area contributed by atoms with Crippen LogP contribution < -0.4 is 10.1 Å². The molecule has 4 aromatic rings. The van der Waals surface area contributed by atoms with E-state index in [2.05, 4.69) is 33.9 Å². The van der Waals surface area contributed by atoms with Gasteiger partial charge in [-0.2, -0.15) is 5.10 Å². The summed E-state index contributed by atoms with van der Waals surface area (Å²) in [6, 6.07) is 5.12. The van der Waals surface area contributed by atoms with E-state index in [0.29, 0.717) is 39.6 Å². The second-order valence-corrected chi connectivity index (χ2v) is 12.2. The highest BCUT2D eigenvalue weighted by Gasteiger charge is 2.30.